The van der Waals surface area contributed by atoms with Gasteiger partial charge in [0.2, 0.25) is 17.7 Å². The number of aromatic nitrogens is 4. The van der Waals surface area contributed by atoms with Crippen molar-refractivity contribution in [3.8, 4) is 11.4 Å². The van der Waals surface area contributed by atoms with Gasteiger partial charge in [-0.2, -0.15) is 18.2 Å². The Hall–Kier alpha value is -3.84. The lowest BCUT2D eigenvalue weighted by Crippen LogP contribution is -2.56. The molecule has 0 N–H and O–H groups in total. The van der Waals surface area contributed by atoms with Gasteiger partial charge in [-0.05, 0) is 5.56 Å². The molecule has 4 heterocycles. The summed E-state index contributed by atoms with van der Waals surface area (Å²) in [5, 5.41) is 3.36. The lowest BCUT2D eigenvalue weighted by molar-refractivity contribution is -0.159. The van der Waals surface area contributed by atoms with E-state index in [1.807, 2.05) is 52.3 Å². The first kappa shape index (κ1) is 25.8. The van der Waals surface area contributed by atoms with Gasteiger partial charge < -0.3 is 19.1 Å². The number of carbonyl (C=O) groups is 1. The fourth-order valence-electron chi connectivity index (χ4n) is 4.35. The highest BCUT2D eigenvalue weighted by Crippen LogP contribution is 2.29. The number of morpholine rings is 1. The van der Waals surface area contributed by atoms with Crippen LogP contribution in [0.4, 0.5) is 19.1 Å². The molecular formula is C25H26F3N7O3. The Bertz CT molecular complexity index is 1240. The third kappa shape index (κ3) is 6.00. The topological polar surface area (TPSA) is 101 Å². The molecule has 1 amide bonds. The maximum absolute atomic E-state index is 13.5. The fraction of sp³-hybridized carbons (Fsp3) is 0.400. The van der Waals surface area contributed by atoms with Crippen molar-refractivity contribution in [1.29, 1.82) is 0 Å². The number of carbonyl (C=O) groups excluding carboxylic acids is 1. The van der Waals surface area contributed by atoms with Crippen LogP contribution in [-0.4, -0.2) is 94.3 Å². The Morgan fingerprint density at radius 1 is 0.974 bits per heavy atom. The van der Waals surface area contributed by atoms with Gasteiger partial charge in [-0.3, -0.25) is 9.69 Å². The summed E-state index contributed by atoms with van der Waals surface area (Å²) in [7, 11) is 0. The molecule has 2 saturated heterocycles. The first-order chi connectivity index (χ1) is 18.4. The number of ether oxygens (including phenoxy) is 1. The predicted octanol–water partition coefficient (Wildman–Crippen LogP) is 2.61. The summed E-state index contributed by atoms with van der Waals surface area (Å²) in [5.41, 5.74) is 1.23. The molecule has 1 unspecified atom stereocenters. The summed E-state index contributed by atoms with van der Waals surface area (Å²) < 4.78 is 47.9. The van der Waals surface area contributed by atoms with Gasteiger partial charge in [0.1, 0.15) is 6.04 Å². The van der Waals surface area contributed by atoms with Crippen LogP contribution in [0.3, 0.4) is 0 Å². The molecule has 0 bridgehead atoms. The highest BCUT2D eigenvalue weighted by Gasteiger charge is 2.38. The molecule has 1 atom stereocenters. The number of hydrogen-bond acceptors (Lipinski definition) is 9. The van der Waals surface area contributed by atoms with Crippen LogP contribution in [0.5, 0.6) is 0 Å². The van der Waals surface area contributed by atoms with Crippen molar-refractivity contribution in [2.45, 2.75) is 12.2 Å². The highest BCUT2D eigenvalue weighted by atomic mass is 19.4. The number of amides is 1. The van der Waals surface area contributed by atoms with Crippen LogP contribution in [0.1, 0.15) is 11.5 Å². The minimum absolute atomic E-state index is 0.0490. The summed E-state index contributed by atoms with van der Waals surface area (Å²) in [5.74, 6) is -1.17. The fourth-order valence-corrected chi connectivity index (χ4v) is 4.35. The summed E-state index contributed by atoms with van der Waals surface area (Å²) in [6, 6.07) is 9.42. The average molecular weight is 530 g/mol. The van der Waals surface area contributed by atoms with Crippen LogP contribution in [0.25, 0.3) is 17.5 Å². The third-order valence-electron chi connectivity index (χ3n) is 6.40. The second-order valence-electron chi connectivity index (χ2n) is 8.87. The smallest absolute Gasteiger partial charge is 0.378 e. The molecule has 13 heteroatoms. The molecule has 2 aromatic heterocycles. The van der Waals surface area contributed by atoms with Crippen LogP contribution in [0.15, 0.2) is 53.3 Å². The quantitative estimate of drug-likeness (QED) is 0.477. The maximum atomic E-state index is 13.5. The number of halogens is 3. The number of piperazine rings is 1. The van der Waals surface area contributed by atoms with E-state index in [-0.39, 0.29) is 17.3 Å². The van der Waals surface area contributed by atoms with Crippen LogP contribution < -0.4 is 4.90 Å². The molecule has 38 heavy (non-hydrogen) atoms. The van der Waals surface area contributed by atoms with Crippen molar-refractivity contribution in [3.63, 3.8) is 0 Å². The van der Waals surface area contributed by atoms with Gasteiger partial charge in [-0.25, -0.2) is 9.97 Å². The Morgan fingerprint density at radius 3 is 2.29 bits per heavy atom. The normalized spacial score (nSPS) is 18.2. The lowest BCUT2D eigenvalue weighted by Gasteiger charge is -2.39. The summed E-state index contributed by atoms with van der Waals surface area (Å²) in [6.07, 6.45) is 1.94. The Labute approximate surface area is 216 Å². The molecule has 10 nitrogen and oxygen atoms in total. The average Bonchev–Trinajstić information content (AvgIpc) is 3.46. The van der Waals surface area contributed by atoms with Gasteiger partial charge in [-0.1, -0.05) is 47.6 Å². The van der Waals surface area contributed by atoms with E-state index in [0.717, 1.165) is 5.56 Å². The Kier molecular flexibility index (Phi) is 7.65. The number of rotatable bonds is 6. The molecule has 3 aromatic rings. The van der Waals surface area contributed by atoms with Crippen molar-refractivity contribution < 1.29 is 27.2 Å². The molecule has 2 aliphatic rings. The number of anilines is 1. The Balaban J connectivity index is 1.25. The van der Waals surface area contributed by atoms with Crippen molar-refractivity contribution in [1.82, 2.24) is 29.9 Å². The summed E-state index contributed by atoms with van der Waals surface area (Å²) in [4.78, 5) is 31.4. The van der Waals surface area contributed by atoms with E-state index in [0.29, 0.717) is 58.4 Å². The van der Waals surface area contributed by atoms with E-state index in [4.69, 9.17) is 4.74 Å². The largest absolute Gasteiger partial charge is 0.471 e. The van der Waals surface area contributed by atoms with Gasteiger partial charge in [0.15, 0.2) is 0 Å². The highest BCUT2D eigenvalue weighted by molar-refractivity contribution is 5.85. The number of hydrogen-bond donors (Lipinski definition) is 0. The van der Waals surface area contributed by atoms with Crippen LogP contribution in [0.2, 0.25) is 0 Å². The summed E-state index contributed by atoms with van der Waals surface area (Å²) >= 11 is 0. The van der Waals surface area contributed by atoms with Crippen molar-refractivity contribution in [2.24, 2.45) is 0 Å². The zero-order valence-electron chi connectivity index (χ0n) is 20.4. The van der Waals surface area contributed by atoms with Crippen LogP contribution in [-0.2, 0) is 15.7 Å². The molecule has 2 fully saturated rings. The van der Waals surface area contributed by atoms with E-state index in [1.54, 1.807) is 0 Å². The minimum atomic E-state index is -4.72. The second kappa shape index (κ2) is 11.3. The van der Waals surface area contributed by atoms with Crippen LogP contribution in [0, 0.1) is 0 Å². The van der Waals surface area contributed by atoms with Gasteiger partial charge in [-0.15, -0.1) is 0 Å². The van der Waals surface area contributed by atoms with Gasteiger partial charge >= 0.3 is 12.1 Å². The Morgan fingerprint density at radius 2 is 1.66 bits per heavy atom. The van der Waals surface area contributed by atoms with Gasteiger partial charge in [0, 0.05) is 51.7 Å². The first-order valence-electron chi connectivity index (χ1n) is 12.2. The first-order valence-corrected chi connectivity index (χ1v) is 12.2. The SMILES string of the molecule is O=C(C(/C=C/c1ccccc1)N1CCN(c2ncc(-c3noc(C(F)(F)F)n3)cn2)CC1)N1CCOCC1. The van der Waals surface area contributed by atoms with Crippen molar-refractivity contribution in [2.75, 3.05) is 57.4 Å². The van der Waals surface area contributed by atoms with E-state index in [1.165, 1.54) is 12.4 Å². The van der Waals surface area contributed by atoms with Crippen LogP contribution >= 0.6 is 0 Å². The second-order valence-corrected chi connectivity index (χ2v) is 8.87. The van der Waals surface area contributed by atoms with Gasteiger partial charge in [0.05, 0.1) is 18.8 Å². The molecule has 2 aliphatic heterocycles. The molecule has 0 saturated carbocycles. The number of alkyl halides is 3. The molecule has 0 spiro atoms. The van der Waals surface area contributed by atoms with E-state index < -0.39 is 18.1 Å². The molecular weight excluding hydrogens is 503 g/mol. The zero-order chi connectivity index (χ0) is 26.5. The number of benzene rings is 1. The van der Waals surface area contributed by atoms with Crippen molar-refractivity contribution in [3.05, 3.63) is 60.3 Å². The summed E-state index contributed by atoms with van der Waals surface area (Å²) in [6.45, 7) is 4.55. The van der Waals surface area contributed by atoms with Gasteiger partial charge in [0.25, 0.3) is 0 Å². The maximum Gasteiger partial charge on any atom is 0.471 e. The van der Waals surface area contributed by atoms with Crippen molar-refractivity contribution >= 4 is 17.9 Å². The predicted molar refractivity (Wildman–Crippen MR) is 131 cm³/mol. The third-order valence-corrected chi connectivity index (χ3v) is 6.40. The minimum Gasteiger partial charge on any atom is -0.378 e. The standard InChI is InChI=1S/C25H26F3N7O3/c26-25(27,28)23-31-21(32-38-23)19-16-29-24(30-17-19)35-10-8-33(9-11-35)20(7-6-18-4-2-1-3-5-18)22(36)34-12-14-37-15-13-34/h1-7,16-17,20H,8-15H2/b7-6+. The monoisotopic (exact) mass is 529 g/mol. The van der Waals surface area contributed by atoms with E-state index in [2.05, 4.69) is 29.5 Å². The van der Waals surface area contributed by atoms with E-state index in [9.17, 15) is 18.0 Å². The molecule has 0 aliphatic carbocycles. The lowest BCUT2D eigenvalue weighted by atomic mass is 10.1. The van der Waals surface area contributed by atoms with E-state index >= 15 is 0 Å². The number of nitrogens with zero attached hydrogens (tertiary/aromatic N) is 7. The molecule has 200 valence electrons. The molecule has 1 aromatic carbocycles. The molecule has 5 rings (SSSR count). The molecule has 0 radical (unpaired) electrons. The zero-order valence-corrected chi connectivity index (χ0v) is 20.4.